The Labute approximate surface area is 127 Å². The van der Waals surface area contributed by atoms with Gasteiger partial charge in [0.2, 0.25) is 0 Å². The topological polar surface area (TPSA) is 50.4 Å². The van der Waals surface area contributed by atoms with Crippen molar-refractivity contribution in [3.63, 3.8) is 0 Å². The highest BCUT2D eigenvalue weighted by molar-refractivity contribution is 5.81. The Morgan fingerprint density at radius 3 is 2.67 bits per heavy atom. The van der Waals surface area contributed by atoms with Crippen LogP contribution in [-0.2, 0) is 16.0 Å². The van der Waals surface area contributed by atoms with Crippen LogP contribution in [0.1, 0.15) is 26.3 Å². The lowest BCUT2D eigenvalue weighted by Crippen LogP contribution is -2.53. The van der Waals surface area contributed by atoms with Crippen molar-refractivity contribution in [2.45, 2.75) is 39.3 Å². The molecule has 1 heterocycles. The van der Waals surface area contributed by atoms with E-state index in [0.717, 1.165) is 13.0 Å². The molecule has 1 amide bonds. The summed E-state index contributed by atoms with van der Waals surface area (Å²) in [4.78, 5) is 12.4. The number of hydrogen-bond donors (Lipinski definition) is 2. The van der Waals surface area contributed by atoms with Gasteiger partial charge >= 0.3 is 0 Å². The summed E-state index contributed by atoms with van der Waals surface area (Å²) in [6.45, 7) is 8.46. The molecule has 4 heteroatoms. The van der Waals surface area contributed by atoms with Gasteiger partial charge in [-0.3, -0.25) is 4.79 Å². The molecule has 21 heavy (non-hydrogen) atoms. The van der Waals surface area contributed by atoms with Crippen LogP contribution in [0.4, 0.5) is 0 Å². The maximum Gasteiger partial charge on any atom is 0.250 e. The molecule has 1 saturated heterocycles. The molecule has 116 valence electrons. The molecule has 2 N–H and O–H groups in total. The predicted molar refractivity (Wildman–Crippen MR) is 84.1 cm³/mol. The second-order valence-electron chi connectivity index (χ2n) is 6.68. The second kappa shape index (κ2) is 7.05. The highest BCUT2D eigenvalue weighted by Gasteiger charge is 2.30. The van der Waals surface area contributed by atoms with Crippen LogP contribution in [0.2, 0.25) is 0 Å². The summed E-state index contributed by atoms with van der Waals surface area (Å²) in [5.74, 6) is -0.0157. The summed E-state index contributed by atoms with van der Waals surface area (Å²) in [5, 5.41) is 6.36. The number of benzene rings is 1. The molecule has 0 aliphatic carbocycles. The third kappa shape index (κ3) is 4.83. The zero-order valence-electron chi connectivity index (χ0n) is 13.2. The molecule has 0 spiro atoms. The van der Waals surface area contributed by atoms with Crippen molar-refractivity contribution in [1.82, 2.24) is 10.6 Å². The predicted octanol–water partition coefficient (Wildman–Crippen LogP) is 1.75. The number of nitrogens with one attached hydrogen (secondary N) is 2. The lowest BCUT2D eigenvalue weighted by atomic mass is 9.83. The Balaban J connectivity index is 2.01. The molecule has 1 fully saturated rings. The van der Waals surface area contributed by atoms with Crippen molar-refractivity contribution in [3.05, 3.63) is 35.9 Å². The third-order valence-corrected chi connectivity index (χ3v) is 3.86. The summed E-state index contributed by atoms with van der Waals surface area (Å²) in [6.07, 6.45) is 0.454. The molecule has 1 aromatic carbocycles. The molecule has 2 atom stereocenters. The number of amides is 1. The van der Waals surface area contributed by atoms with Crippen LogP contribution in [-0.4, -0.2) is 37.7 Å². The highest BCUT2D eigenvalue weighted by atomic mass is 16.5. The van der Waals surface area contributed by atoms with Gasteiger partial charge in [-0.1, -0.05) is 51.1 Å². The van der Waals surface area contributed by atoms with E-state index in [-0.39, 0.29) is 23.5 Å². The number of carbonyl (C=O) groups excluding carboxylic acids is 1. The molecule has 0 bridgehead atoms. The fourth-order valence-electron chi connectivity index (χ4n) is 2.42. The lowest BCUT2D eigenvalue weighted by Gasteiger charge is -2.33. The Hall–Kier alpha value is -1.39. The van der Waals surface area contributed by atoms with Crippen LogP contribution in [0.25, 0.3) is 0 Å². The van der Waals surface area contributed by atoms with E-state index in [0.29, 0.717) is 13.2 Å². The molecular weight excluding hydrogens is 264 g/mol. The zero-order chi connectivity index (χ0) is 15.3. The van der Waals surface area contributed by atoms with Gasteiger partial charge in [-0.15, -0.1) is 0 Å². The molecule has 0 radical (unpaired) electrons. The minimum absolute atomic E-state index is 0.00635. The van der Waals surface area contributed by atoms with Crippen molar-refractivity contribution < 1.29 is 9.53 Å². The number of rotatable bonds is 4. The molecule has 2 rings (SSSR count). The first-order valence-corrected chi connectivity index (χ1v) is 7.63. The van der Waals surface area contributed by atoms with Gasteiger partial charge in [0.15, 0.2) is 0 Å². The number of hydrogen-bond acceptors (Lipinski definition) is 3. The van der Waals surface area contributed by atoms with Crippen LogP contribution >= 0.6 is 0 Å². The van der Waals surface area contributed by atoms with Crippen LogP contribution in [0.15, 0.2) is 30.3 Å². The third-order valence-electron chi connectivity index (χ3n) is 3.86. The fraction of sp³-hybridized carbons (Fsp3) is 0.588. The smallest absolute Gasteiger partial charge is 0.250 e. The van der Waals surface area contributed by atoms with E-state index in [1.807, 2.05) is 18.2 Å². The number of morpholine rings is 1. The van der Waals surface area contributed by atoms with Gasteiger partial charge in [-0.05, 0) is 17.4 Å². The van der Waals surface area contributed by atoms with E-state index in [9.17, 15) is 4.79 Å². The van der Waals surface area contributed by atoms with Gasteiger partial charge in [0.25, 0.3) is 5.91 Å². The Morgan fingerprint density at radius 2 is 2.10 bits per heavy atom. The first-order valence-electron chi connectivity index (χ1n) is 7.63. The average Bonchev–Trinajstić information content (AvgIpc) is 2.47. The first-order chi connectivity index (χ1) is 9.97. The number of carbonyl (C=O) groups is 1. The van der Waals surface area contributed by atoms with Crippen LogP contribution in [0, 0.1) is 5.41 Å². The molecule has 4 nitrogen and oxygen atoms in total. The van der Waals surface area contributed by atoms with Crippen LogP contribution < -0.4 is 10.6 Å². The first kappa shape index (κ1) is 16.0. The summed E-state index contributed by atoms with van der Waals surface area (Å²) in [6, 6.07) is 10.4. The fourth-order valence-corrected chi connectivity index (χ4v) is 2.42. The van der Waals surface area contributed by atoms with E-state index >= 15 is 0 Å². The molecule has 1 aliphatic heterocycles. The van der Waals surface area contributed by atoms with Gasteiger partial charge in [0.1, 0.15) is 6.10 Å². The highest BCUT2D eigenvalue weighted by Crippen LogP contribution is 2.23. The van der Waals surface area contributed by atoms with Crippen LogP contribution in [0.5, 0.6) is 0 Å². The van der Waals surface area contributed by atoms with Gasteiger partial charge in [-0.25, -0.2) is 0 Å². The second-order valence-corrected chi connectivity index (χ2v) is 6.68. The Morgan fingerprint density at radius 1 is 1.38 bits per heavy atom. The maximum atomic E-state index is 12.4. The molecule has 1 aliphatic rings. The Bertz CT molecular complexity index is 448. The van der Waals surface area contributed by atoms with E-state index < -0.39 is 0 Å². The largest absolute Gasteiger partial charge is 0.366 e. The van der Waals surface area contributed by atoms with Gasteiger partial charge in [-0.2, -0.15) is 0 Å². The van der Waals surface area contributed by atoms with Crippen molar-refractivity contribution in [3.8, 4) is 0 Å². The molecule has 2 unspecified atom stereocenters. The maximum absolute atomic E-state index is 12.4. The van der Waals surface area contributed by atoms with Crippen molar-refractivity contribution >= 4 is 5.91 Å². The Kier molecular flexibility index (Phi) is 5.37. The SMILES string of the molecule is CC(C)(C)C(Cc1ccccc1)NC(=O)C1CNCCO1. The van der Waals surface area contributed by atoms with E-state index in [4.69, 9.17) is 4.74 Å². The molecular formula is C17H26N2O2. The standard InChI is InChI=1S/C17H26N2O2/c1-17(2,3)15(11-13-7-5-4-6-8-13)19-16(20)14-12-18-9-10-21-14/h4-8,14-15,18H,9-12H2,1-3H3,(H,19,20). The monoisotopic (exact) mass is 290 g/mol. The van der Waals surface area contributed by atoms with Gasteiger partial charge < -0.3 is 15.4 Å². The van der Waals surface area contributed by atoms with E-state index in [1.54, 1.807) is 0 Å². The minimum atomic E-state index is -0.376. The van der Waals surface area contributed by atoms with Gasteiger partial charge in [0, 0.05) is 19.1 Å². The van der Waals surface area contributed by atoms with Crippen molar-refractivity contribution in [2.24, 2.45) is 5.41 Å². The van der Waals surface area contributed by atoms with Crippen LogP contribution in [0.3, 0.4) is 0 Å². The normalized spacial score (nSPS) is 20.8. The van der Waals surface area contributed by atoms with E-state index in [2.05, 4.69) is 43.5 Å². The molecule has 1 aromatic rings. The molecule has 0 aromatic heterocycles. The van der Waals surface area contributed by atoms with E-state index in [1.165, 1.54) is 5.56 Å². The zero-order valence-corrected chi connectivity index (χ0v) is 13.2. The summed E-state index contributed by atoms with van der Waals surface area (Å²) >= 11 is 0. The summed E-state index contributed by atoms with van der Waals surface area (Å²) < 4.78 is 5.53. The van der Waals surface area contributed by atoms with Gasteiger partial charge in [0.05, 0.1) is 6.61 Å². The summed E-state index contributed by atoms with van der Waals surface area (Å²) in [5.41, 5.74) is 1.23. The van der Waals surface area contributed by atoms with Crippen molar-refractivity contribution in [2.75, 3.05) is 19.7 Å². The lowest BCUT2D eigenvalue weighted by molar-refractivity contribution is -0.135. The average molecular weight is 290 g/mol. The summed E-state index contributed by atoms with van der Waals surface area (Å²) in [7, 11) is 0. The minimum Gasteiger partial charge on any atom is -0.366 e. The quantitative estimate of drug-likeness (QED) is 0.888. The number of ether oxygens (including phenoxy) is 1. The molecule has 0 saturated carbocycles. The van der Waals surface area contributed by atoms with Crippen molar-refractivity contribution in [1.29, 1.82) is 0 Å².